The van der Waals surface area contributed by atoms with E-state index >= 15 is 0 Å². The first-order valence-corrected chi connectivity index (χ1v) is 13.5. The molecule has 1 spiro atoms. The largest absolute Gasteiger partial charge is 0.450 e. The van der Waals surface area contributed by atoms with E-state index in [1.54, 1.807) is 65.6 Å². The molecule has 0 saturated heterocycles. The van der Waals surface area contributed by atoms with Gasteiger partial charge in [-0.15, -0.1) is 0 Å². The van der Waals surface area contributed by atoms with Crippen LogP contribution >= 0.6 is 11.6 Å². The lowest BCUT2D eigenvalue weighted by Crippen LogP contribution is -2.52. The Labute approximate surface area is 239 Å². The van der Waals surface area contributed by atoms with Gasteiger partial charge in [-0.25, -0.2) is 4.39 Å². The smallest absolute Gasteiger partial charge is 0.291 e. The van der Waals surface area contributed by atoms with E-state index in [2.05, 4.69) is 0 Å². The molecule has 202 valence electrons. The monoisotopic (exact) mass is 564 g/mol. The summed E-state index contributed by atoms with van der Waals surface area (Å²) in [4.78, 5) is 46.3. The van der Waals surface area contributed by atoms with Gasteiger partial charge in [0.05, 0.1) is 23.2 Å². The predicted molar refractivity (Wildman–Crippen MR) is 153 cm³/mol. The predicted octanol–water partition coefficient (Wildman–Crippen LogP) is 6.34. The van der Waals surface area contributed by atoms with Gasteiger partial charge in [-0.05, 0) is 54.4 Å². The molecule has 0 bridgehead atoms. The number of hydrogen-bond acceptors (Lipinski definition) is 4. The lowest BCUT2D eigenvalue weighted by molar-refractivity contribution is -0.126. The maximum absolute atomic E-state index is 14.9. The zero-order valence-corrected chi connectivity index (χ0v) is 22.6. The zero-order chi connectivity index (χ0) is 28.5. The van der Waals surface area contributed by atoms with Gasteiger partial charge in [-0.1, -0.05) is 71.8 Å². The summed E-state index contributed by atoms with van der Waals surface area (Å²) in [5.74, 6) is -1.65. The van der Waals surface area contributed by atoms with Gasteiger partial charge in [0, 0.05) is 17.1 Å². The van der Waals surface area contributed by atoms with E-state index in [0.717, 1.165) is 5.56 Å². The number of aryl methyl sites for hydroxylation is 1. The fourth-order valence-corrected chi connectivity index (χ4v) is 6.25. The SMILES string of the molecule is Cc1ccc2oc3c(c(=O)c2c1)C1(C(=O)N(Cc2ccccc2Cl)c2ccccc21)N(Cc1ccc(F)cc1)C3=O. The molecule has 5 aromatic rings. The standard InChI is InChI=1S/C33H22ClFN2O4/c1-19-10-15-27-23(16-19)29(38)28-30(41-27)31(39)37(17-20-11-13-22(35)14-12-20)33(28)24-7-3-5-9-26(24)36(32(33)40)18-21-6-2-4-8-25(21)34/h2-16H,17-18H2,1H3. The number of anilines is 1. The van der Waals surface area contributed by atoms with Crippen molar-refractivity contribution in [3.05, 3.63) is 146 Å². The van der Waals surface area contributed by atoms with E-state index < -0.39 is 28.6 Å². The van der Waals surface area contributed by atoms with Crippen LogP contribution in [0.15, 0.2) is 100 Å². The van der Waals surface area contributed by atoms with Gasteiger partial charge in [0.25, 0.3) is 11.8 Å². The molecule has 3 heterocycles. The molecule has 41 heavy (non-hydrogen) atoms. The molecule has 0 aliphatic carbocycles. The average Bonchev–Trinajstić information content (AvgIpc) is 3.36. The number of halogens is 2. The second-order valence-electron chi connectivity index (χ2n) is 10.4. The first-order chi connectivity index (χ1) is 19.8. The molecule has 2 aliphatic heterocycles. The van der Waals surface area contributed by atoms with Crippen molar-refractivity contribution in [3.63, 3.8) is 0 Å². The Bertz CT molecular complexity index is 1970. The molecular weight excluding hydrogens is 543 g/mol. The summed E-state index contributed by atoms with van der Waals surface area (Å²) in [6.07, 6.45) is 0. The Kier molecular flexibility index (Phi) is 5.63. The summed E-state index contributed by atoms with van der Waals surface area (Å²) in [6.45, 7) is 1.93. The van der Waals surface area contributed by atoms with E-state index in [1.165, 1.54) is 17.0 Å². The number of amides is 2. The van der Waals surface area contributed by atoms with Crippen molar-refractivity contribution in [2.75, 3.05) is 4.90 Å². The van der Waals surface area contributed by atoms with E-state index in [1.807, 2.05) is 25.1 Å². The van der Waals surface area contributed by atoms with Gasteiger partial charge in [0.15, 0.2) is 11.0 Å². The average molecular weight is 565 g/mol. The number of hydrogen-bond donors (Lipinski definition) is 0. The molecule has 7 rings (SSSR count). The van der Waals surface area contributed by atoms with E-state index in [9.17, 15) is 18.8 Å². The van der Waals surface area contributed by atoms with E-state index in [4.69, 9.17) is 16.0 Å². The Morgan fingerprint density at radius 3 is 2.39 bits per heavy atom. The van der Waals surface area contributed by atoms with Crippen molar-refractivity contribution >= 4 is 40.1 Å². The van der Waals surface area contributed by atoms with Crippen molar-refractivity contribution in [3.8, 4) is 0 Å². The quantitative estimate of drug-likeness (QED) is 0.255. The van der Waals surface area contributed by atoms with Crippen molar-refractivity contribution in [1.82, 2.24) is 4.90 Å². The van der Waals surface area contributed by atoms with Crippen LogP contribution in [-0.4, -0.2) is 16.7 Å². The first kappa shape index (κ1) is 25.2. The fourth-order valence-electron chi connectivity index (χ4n) is 6.05. The van der Waals surface area contributed by atoms with Crippen LogP contribution in [-0.2, 0) is 23.4 Å². The molecule has 1 atom stereocenters. The number of para-hydroxylation sites is 1. The van der Waals surface area contributed by atoms with Gasteiger partial charge in [0.1, 0.15) is 11.4 Å². The molecule has 2 amide bonds. The minimum absolute atomic E-state index is 0.0122. The van der Waals surface area contributed by atoms with Gasteiger partial charge in [0.2, 0.25) is 5.76 Å². The molecule has 6 nitrogen and oxygen atoms in total. The van der Waals surface area contributed by atoms with Gasteiger partial charge in [-0.3, -0.25) is 14.4 Å². The summed E-state index contributed by atoms with van der Waals surface area (Å²) in [6, 6.07) is 25.2. The molecule has 0 N–H and O–H groups in total. The van der Waals surface area contributed by atoms with Crippen molar-refractivity contribution in [2.45, 2.75) is 25.6 Å². The Morgan fingerprint density at radius 2 is 1.61 bits per heavy atom. The third-order valence-corrected chi connectivity index (χ3v) is 8.30. The maximum Gasteiger partial charge on any atom is 0.291 e. The zero-order valence-electron chi connectivity index (χ0n) is 21.9. The number of rotatable bonds is 4. The summed E-state index contributed by atoms with van der Waals surface area (Å²) in [5, 5.41) is 0.778. The van der Waals surface area contributed by atoms with Crippen LogP contribution < -0.4 is 10.3 Å². The minimum atomic E-state index is -1.79. The molecule has 4 aromatic carbocycles. The van der Waals surface area contributed by atoms with Crippen LogP contribution in [0, 0.1) is 12.7 Å². The molecule has 1 aromatic heterocycles. The number of benzene rings is 4. The fraction of sp³-hybridized carbons (Fsp3) is 0.121. The van der Waals surface area contributed by atoms with Crippen LogP contribution in [0.25, 0.3) is 11.0 Å². The first-order valence-electron chi connectivity index (χ1n) is 13.1. The molecule has 1 unspecified atom stereocenters. The highest BCUT2D eigenvalue weighted by Gasteiger charge is 2.65. The number of carbonyl (C=O) groups is 2. The molecule has 2 aliphatic rings. The van der Waals surface area contributed by atoms with E-state index in [0.29, 0.717) is 27.4 Å². The van der Waals surface area contributed by atoms with Crippen LogP contribution in [0.3, 0.4) is 0 Å². The van der Waals surface area contributed by atoms with Crippen LogP contribution in [0.1, 0.15) is 38.4 Å². The van der Waals surface area contributed by atoms with Gasteiger partial charge in [-0.2, -0.15) is 0 Å². The second-order valence-corrected chi connectivity index (χ2v) is 10.8. The van der Waals surface area contributed by atoms with Crippen LogP contribution in [0.2, 0.25) is 5.02 Å². The lowest BCUT2D eigenvalue weighted by atomic mass is 9.83. The molecule has 0 radical (unpaired) electrons. The molecule has 0 saturated carbocycles. The number of nitrogens with zero attached hydrogens (tertiary/aromatic N) is 2. The molecule has 8 heteroatoms. The topological polar surface area (TPSA) is 70.8 Å². The summed E-state index contributed by atoms with van der Waals surface area (Å²) in [5.41, 5.74) is 1.21. The Hall–Kier alpha value is -4.75. The third kappa shape index (κ3) is 3.59. The normalized spacial score (nSPS) is 17.5. The van der Waals surface area contributed by atoms with E-state index in [-0.39, 0.29) is 35.4 Å². The maximum atomic E-state index is 14.9. The molecular formula is C33H22ClFN2O4. The van der Waals surface area contributed by atoms with Crippen LogP contribution in [0.4, 0.5) is 10.1 Å². The summed E-state index contributed by atoms with van der Waals surface area (Å²) in [7, 11) is 0. The van der Waals surface area contributed by atoms with Crippen LogP contribution in [0.5, 0.6) is 0 Å². The Balaban J connectivity index is 1.52. The number of fused-ring (bicyclic) bond motifs is 5. The number of carbonyl (C=O) groups excluding carboxylic acids is 2. The summed E-state index contributed by atoms with van der Waals surface area (Å²) < 4.78 is 19.9. The highest BCUT2D eigenvalue weighted by Crippen LogP contribution is 2.53. The molecule has 0 fully saturated rings. The van der Waals surface area contributed by atoms with Gasteiger partial charge >= 0.3 is 0 Å². The van der Waals surface area contributed by atoms with Gasteiger partial charge < -0.3 is 14.2 Å². The van der Waals surface area contributed by atoms with Crippen molar-refractivity contribution in [1.29, 1.82) is 0 Å². The highest BCUT2D eigenvalue weighted by atomic mass is 35.5. The Morgan fingerprint density at radius 1 is 0.878 bits per heavy atom. The minimum Gasteiger partial charge on any atom is -0.450 e. The highest BCUT2D eigenvalue weighted by molar-refractivity contribution is 6.31. The second kappa shape index (κ2) is 9.14. The van der Waals surface area contributed by atoms with Crippen molar-refractivity contribution < 1.29 is 18.4 Å². The lowest BCUT2D eigenvalue weighted by Gasteiger charge is -2.34. The third-order valence-electron chi connectivity index (χ3n) is 7.93. The van der Waals surface area contributed by atoms with Crippen molar-refractivity contribution in [2.24, 2.45) is 0 Å². The summed E-state index contributed by atoms with van der Waals surface area (Å²) >= 11 is 6.49.